The van der Waals surface area contributed by atoms with Gasteiger partial charge in [0.25, 0.3) is 0 Å². The van der Waals surface area contributed by atoms with Crippen LogP contribution in [-0.2, 0) is 4.84 Å². The van der Waals surface area contributed by atoms with Crippen molar-refractivity contribution in [3.63, 3.8) is 0 Å². The molecule has 0 radical (unpaired) electrons. The van der Waals surface area contributed by atoms with Gasteiger partial charge in [-0.3, -0.25) is 0 Å². The number of hydrogen-bond donors (Lipinski definition) is 0. The van der Waals surface area contributed by atoms with Crippen LogP contribution >= 0.6 is 0 Å². The van der Waals surface area contributed by atoms with Crippen molar-refractivity contribution < 1.29 is 22.7 Å². The van der Waals surface area contributed by atoms with Gasteiger partial charge in [0.1, 0.15) is 12.4 Å². The first kappa shape index (κ1) is 14.3. The lowest BCUT2D eigenvalue weighted by atomic mass is 10.1. The molecule has 0 spiro atoms. The second-order valence-corrected chi connectivity index (χ2v) is 3.50. The van der Waals surface area contributed by atoms with E-state index >= 15 is 0 Å². The van der Waals surface area contributed by atoms with Crippen LogP contribution in [0.1, 0.15) is 18.9 Å². The monoisotopic (exact) mass is 261 g/mol. The largest absolute Gasteiger partial charge is 0.497 e. The van der Waals surface area contributed by atoms with Gasteiger partial charge in [-0.15, -0.1) is 0 Å². The molecular formula is C12H14F3NO2. The molecule has 0 aromatic heterocycles. The van der Waals surface area contributed by atoms with Crippen LogP contribution in [0.2, 0.25) is 0 Å². The minimum Gasteiger partial charge on any atom is -0.497 e. The van der Waals surface area contributed by atoms with Crippen LogP contribution in [0.25, 0.3) is 0 Å². The topological polar surface area (TPSA) is 30.8 Å². The zero-order valence-electron chi connectivity index (χ0n) is 10.1. The van der Waals surface area contributed by atoms with Crippen LogP contribution in [0, 0.1) is 0 Å². The zero-order chi connectivity index (χ0) is 13.6. The molecule has 0 aliphatic carbocycles. The summed E-state index contributed by atoms with van der Waals surface area (Å²) in [5.74, 6) is 0.481. The number of benzene rings is 1. The summed E-state index contributed by atoms with van der Waals surface area (Å²) >= 11 is 0. The Bertz CT molecular complexity index is 399. The Morgan fingerprint density at radius 1 is 1.22 bits per heavy atom. The molecule has 6 heteroatoms. The Kier molecular flexibility index (Phi) is 5.00. The zero-order valence-corrected chi connectivity index (χ0v) is 10.1. The Balaban J connectivity index is 2.98. The van der Waals surface area contributed by atoms with E-state index in [4.69, 9.17) is 4.74 Å². The first-order valence-electron chi connectivity index (χ1n) is 5.40. The van der Waals surface area contributed by atoms with E-state index in [1.807, 2.05) is 0 Å². The molecule has 0 saturated carbocycles. The molecule has 100 valence electrons. The van der Waals surface area contributed by atoms with Gasteiger partial charge >= 0.3 is 6.18 Å². The van der Waals surface area contributed by atoms with Gasteiger partial charge < -0.3 is 9.57 Å². The van der Waals surface area contributed by atoms with Gasteiger partial charge in [-0.2, -0.15) is 13.2 Å². The number of nitrogens with zero attached hydrogens (tertiary/aromatic N) is 1. The lowest BCUT2D eigenvalue weighted by Crippen LogP contribution is -2.24. The third-order valence-electron chi connectivity index (χ3n) is 2.08. The molecule has 0 aliphatic heterocycles. The van der Waals surface area contributed by atoms with Gasteiger partial charge in [-0.1, -0.05) is 12.1 Å². The predicted octanol–water partition coefficient (Wildman–Crippen LogP) is 3.39. The molecule has 0 bridgehead atoms. The third kappa shape index (κ3) is 3.94. The molecule has 0 fully saturated rings. The highest BCUT2D eigenvalue weighted by Crippen LogP contribution is 2.24. The van der Waals surface area contributed by atoms with E-state index in [0.29, 0.717) is 12.2 Å². The smallest absolute Gasteiger partial charge is 0.437 e. The molecule has 18 heavy (non-hydrogen) atoms. The fourth-order valence-corrected chi connectivity index (χ4v) is 1.22. The van der Waals surface area contributed by atoms with Gasteiger partial charge in [0, 0.05) is 5.56 Å². The van der Waals surface area contributed by atoms with Gasteiger partial charge in [-0.25, -0.2) is 0 Å². The van der Waals surface area contributed by atoms with Crippen molar-refractivity contribution >= 4 is 5.71 Å². The summed E-state index contributed by atoms with van der Waals surface area (Å²) in [6.07, 6.45) is -3.96. The molecule has 1 aromatic carbocycles. The molecule has 1 rings (SSSR count). The van der Waals surface area contributed by atoms with E-state index in [1.165, 1.54) is 31.4 Å². The summed E-state index contributed by atoms with van der Waals surface area (Å²) in [4.78, 5) is 4.62. The van der Waals surface area contributed by atoms with Crippen molar-refractivity contribution in [1.29, 1.82) is 0 Å². The summed E-state index contributed by atoms with van der Waals surface area (Å²) in [6, 6.07) is 5.47. The molecule has 0 N–H and O–H groups in total. The van der Waals surface area contributed by atoms with Crippen molar-refractivity contribution in [3.8, 4) is 5.75 Å². The van der Waals surface area contributed by atoms with Gasteiger partial charge in [-0.05, 0) is 30.7 Å². The maximum Gasteiger partial charge on any atom is 0.437 e. The summed E-state index contributed by atoms with van der Waals surface area (Å²) in [5.41, 5.74) is -1.10. The van der Waals surface area contributed by atoms with Crippen molar-refractivity contribution in [2.75, 3.05) is 13.7 Å². The highest BCUT2D eigenvalue weighted by atomic mass is 19.4. The quantitative estimate of drug-likeness (QED) is 0.462. The number of halogens is 3. The molecule has 0 aliphatic rings. The Morgan fingerprint density at radius 2 is 1.83 bits per heavy atom. The Labute approximate surface area is 103 Å². The van der Waals surface area contributed by atoms with Gasteiger partial charge in [0.15, 0.2) is 5.71 Å². The second kappa shape index (κ2) is 6.28. The van der Waals surface area contributed by atoms with Crippen LogP contribution in [0.3, 0.4) is 0 Å². The van der Waals surface area contributed by atoms with Crippen molar-refractivity contribution in [2.45, 2.75) is 19.5 Å². The van der Waals surface area contributed by atoms with E-state index in [1.54, 1.807) is 6.92 Å². The highest BCUT2D eigenvalue weighted by Gasteiger charge is 2.37. The van der Waals surface area contributed by atoms with E-state index in [9.17, 15) is 13.2 Å². The Hall–Kier alpha value is -1.72. The molecular weight excluding hydrogens is 247 g/mol. The average Bonchev–Trinajstić information content (AvgIpc) is 2.33. The van der Waals surface area contributed by atoms with Crippen LogP contribution in [-0.4, -0.2) is 25.6 Å². The fourth-order valence-electron chi connectivity index (χ4n) is 1.22. The van der Waals surface area contributed by atoms with Gasteiger partial charge in [0.05, 0.1) is 7.11 Å². The number of oxime groups is 1. The normalized spacial score (nSPS) is 12.4. The summed E-state index contributed by atoms with van der Waals surface area (Å²) < 4.78 is 43.2. The molecule has 0 saturated heterocycles. The van der Waals surface area contributed by atoms with E-state index in [0.717, 1.165) is 0 Å². The van der Waals surface area contributed by atoms with E-state index < -0.39 is 11.9 Å². The number of ether oxygens (including phenoxy) is 1. The predicted molar refractivity (Wildman–Crippen MR) is 61.8 cm³/mol. The molecule has 0 amide bonds. The van der Waals surface area contributed by atoms with Crippen molar-refractivity contribution in [1.82, 2.24) is 0 Å². The molecule has 0 atom stereocenters. The number of methoxy groups -OCH3 is 1. The minimum absolute atomic E-state index is 0.0561. The first-order valence-corrected chi connectivity index (χ1v) is 5.40. The SMILES string of the molecule is CCCON=C(c1ccc(OC)cc1)C(F)(F)F. The standard InChI is InChI=1S/C12H14F3NO2/c1-3-8-18-16-11(12(13,14)15)9-4-6-10(17-2)7-5-9/h4-7H,3,8H2,1-2H3. The maximum absolute atomic E-state index is 12.8. The molecule has 3 nitrogen and oxygen atoms in total. The second-order valence-electron chi connectivity index (χ2n) is 3.50. The van der Waals surface area contributed by atoms with Crippen LogP contribution in [0.4, 0.5) is 13.2 Å². The summed E-state index contributed by atoms with van der Waals surface area (Å²) in [6.45, 7) is 1.94. The molecule has 0 heterocycles. The highest BCUT2D eigenvalue weighted by molar-refractivity contribution is 6.04. The number of alkyl halides is 3. The van der Waals surface area contributed by atoms with E-state index in [-0.39, 0.29) is 12.2 Å². The van der Waals surface area contributed by atoms with Crippen LogP contribution in [0.5, 0.6) is 5.75 Å². The summed E-state index contributed by atoms with van der Waals surface area (Å²) in [7, 11) is 1.44. The fraction of sp³-hybridized carbons (Fsp3) is 0.417. The van der Waals surface area contributed by atoms with Crippen LogP contribution in [0.15, 0.2) is 29.4 Å². The lowest BCUT2D eigenvalue weighted by Gasteiger charge is -2.10. The van der Waals surface area contributed by atoms with Crippen molar-refractivity contribution in [3.05, 3.63) is 29.8 Å². The first-order chi connectivity index (χ1) is 8.49. The third-order valence-corrected chi connectivity index (χ3v) is 2.08. The van der Waals surface area contributed by atoms with Crippen LogP contribution < -0.4 is 4.74 Å². The number of rotatable bonds is 5. The average molecular weight is 261 g/mol. The van der Waals surface area contributed by atoms with E-state index in [2.05, 4.69) is 9.99 Å². The van der Waals surface area contributed by atoms with Gasteiger partial charge in [0.2, 0.25) is 0 Å². The van der Waals surface area contributed by atoms with Crippen molar-refractivity contribution in [2.24, 2.45) is 5.16 Å². The number of hydrogen-bond acceptors (Lipinski definition) is 3. The summed E-state index contributed by atoms with van der Waals surface area (Å²) in [5, 5.41) is 3.16. The molecule has 0 unspecified atom stereocenters. The molecule has 1 aromatic rings. The maximum atomic E-state index is 12.8. The lowest BCUT2D eigenvalue weighted by molar-refractivity contribution is -0.0614. The Morgan fingerprint density at radius 3 is 2.28 bits per heavy atom. The minimum atomic E-state index is -4.55.